The number of carbonyl (C=O) groups excluding carboxylic acids is 4. The highest BCUT2D eigenvalue weighted by atomic mass is 32.1. The summed E-state index contributed by atoms with van der Waals surface area (Å²) in [5.41, 5.74) is 14.1. The van der Waals surface area contributed by atoms with Crippen LogP contribution in [0.5, 0.6) is 0 Å². The summed E-state index contributed by atoms with van der Waals surface area (Å²) < 4.78 is 0. The highest BCUT2D eigenvalue weighted by Crippen LogP contribution is 2.40. The monoisotopic (exact) mass is 588 g/mol. The number of thiophene rings is 2. The molecule has 2 aliphatic carbocycles. The number of unbranched alkanes of at least 4 members (excludes halogenated alkanes) is 3. The van der Waals surface area contributed by atoms with Gasteiger partial charge in [0.2, 0.25) is 0 Å². The molecule has 2 heterocycles. The number of carbonyl (C=O) groups is 4. The number of nitrogens with one attached hydrogen (secondary N) is 4. The molecular weight excluding hydrogens is 548 g/mol. The molecule has 12 heteroatoms. The Morgan fingerprint density at radius 3 is 1.48 bits per heavy atom. The quantitative estimate of drug-likeness (QED) is 0.208. The van der Waals surface area contributed by atoms with Crippen LogP contribution in [0.2, 0.25) is 0 Å². The highest BCUT2D eigenvalue weighted by Gasteiger charge is 2.28. The van der Waals surface area contributed by atoms with Crippen molar-refractivity contribution in [3.63, 3.8) is 0 Å². The summed E-state index contributed by atoms with van der Waals surface area (Å²) in [5.74, 6) is 0.121. The number of urea groups is 2. The topological polar surface area (TPSA) is 168 Å². The summed E-state index contributed by atoms with van der Waals surface area (Å²) in [6.07, 6.45) is 8.84. The molecule has 218 valence electrons. The lowest BCUT2D eigenvalue weighted by Crippen LogP contribution is -2.30. The van der Waals surface area contributed by atoms with Crippen molar-refractivity contribution in [2.75, 3.05) is 23.7 Å². The SMILES string of the molecule is C[C@@H]1CCc2c(sc(NC(=O)NCCCCCCNC(=O)Nc3sc4c(c3C(N)=O)CC[C@H](C)C4)c2C(N)=O)C1. The summed E-state index contributed by atoms with van der Waals surface area (Å²) in [6, 6.07) is -0.681. The second-order valence-electron chi connectivity index (χ2n) is 11.0. The Labute approximate surface area is 243 Å². The van der Waals surface area contributed by atoms with E-state index in [-0.39, 0.29) is 12.1 Å². The van der Waals surface area contributed by atoms with E-state index in [1.54, 1.807) is 0 Å². The second kappa shape index (κ2) is 13.5. The predicted octanol–water partition coefficient (Wildman–Crippen LogP) is 4.76. The van der Waals surface area contributed by atoms with Crippen LogP contribution in [0, 0.1) is 11.8 Å². The molecule has 0 aromatic carbocycles. The maximum absolute atomic E-state index is 12.4. The summed E-state index contributed by atoms with van der Waals surface area (Å²) in [7, 11) is 0. The Balaban J connectivity index is 1.12. The molecule has 0 aliphatic heterocycles. The number of rotatable bonds is 11. The van der Waals surface area contributed by atoms with Crippen LogP contribution in [-0.4, -0.2) is 37.0 Å². The van der Waals surface area contributed by atoms with Crippen LogP contribution < -0.4 is 32.7 Å². The zero-order chi connectivity index (χ0) is 28.8. The largest absolute Gasteiger partial charge is 0.365 e. The highest BCUT2D eigenvalue weighted by molar-refractivity contribution is 7.17. The van der Waals surface area contributed by atoms with Crippen molar-refractivity contribution >= 4 is 56.6 Å². The molecule has 0 bridgehead atoms. The van der Waals surface area contributed by atoms with E-state index < -0.39 is 11.8 Å². The smallest absolute Gasteiger partial charge is 0.319 e. The van der Waals surface area contributed by atoms with E-state index in [4.69, 9.17) is 11.5 Å². The molecule has 0 radical (unpaired) electrons. The molecule has 2 aromatic heterocycles. The van der Waals surface area contributed by atoms with Gasteiger partial charge >= 0.3 is 12.1 Å². The van der Waals surface area contributed by atoms with Gasteiger partial charge in [0.1, 0.15) is 10.0 Å². The van der Waals surface area contributed by atoms with E-state index >= 15 is 0 Å². The maximum atomic E-state index is 12.4. The lowest BCUT2D eigenvalue weighted by atomic mass is 9.88. The van der Waals surface area contributed by atoms with Crippen LogP contribution in [0.15, 0.2) is 0 Å². The fourth-order valence-corrected chi connectivity index (χ4v) is 8.32. The van der Waals surface area contributed by atoms with Crippen LogP contribution in [0.4, 0.5) is 19.6 Å². The van der Waals surface area contributed by atoms with Crippen LogP contribution in [0.1, 0.15) is 94.0 Å². The van der Waals surface area contributed by atoms with E-state index in [1.165, 1.54) is 22.7 Å². The fourth-order valence-electron chi connectivity index (χ4n) is 5.50. The van der Waals surface area contributed by atoms with Gasteiger partial charge in [-0.1, -0.05) is 26.7 Å². The summed E-state index contributed by atoms with van der Waals surface area (Å²) >= 11 is 2.90. The number of anilines is 2. The van der Waals surface area contributed by atoms with Crippen LogP contribution in [-0.2, 0) is 25.7 Å². The van der Waals surface area contributed by atoms with Gasteiger partial charge in [0.15, 0.2) is 0 Å². The van der Waals surface area contributed by atoms with Crippen LogP contribution in [0.3, 0.4) is 0 Å². The van der Waals surface area contributed by atoms with E-state index in [9.17, 15) is 19.2 Å². The van der Waals surface area contributed by atoms with Crippen molar-refractivity contribution in [3.8, 4) is 0 Å². The molecule has 2 aromatic rings. The molecule has 4 rings (SSSR count). The third-order valence-corrected chi connectivity index (χ3v) is 9.98. The van der Waals surface area contributed by atoms with Gasteiger partial charge in [0.25, 0.3) is 11.8 Å². The first-order valence-electron chi connectivity index (χ1n) is 14.1. The number of hydrogen-bond acceptors (Lipinski definition) is 6. The van der Waals surface area contributed by atoms with Crippen molar-refractivity contribution in [3.05, 3.63) is 32.0 Å². The molecule has 0 fully saturated rings. The first-order chi connectivity index (χ1) is 19.1. The fraction of sp³-hybridized carbons (Fsp3) is 0.571. The summed E-state index contributed by atoms with van der Waals surface area (Å²) in [6.45, 7) is 5.39. The minimum Gasteiger partial charge on any atom is -0.365 e. The Bertz CT molecular complexity index is 1170. The first kappa shape index (κ1) is 29.9. The molecule has 2 aliphatic rings. The maximum Gasteiger partial charge on any atom is 0.319 e. The van der Waals surface area contributed by atoms with Crippen molar-refractivity contribution < 1.29 is 19.2 Å². The molecule has 6 amide bonds. The third kappa shape index (κ3) is 7.34. The number of amides is 6. The molecule has 0 saturated heterocycles. The van der Waals surface area contributed by atoms with Gasteiger partial charge in [0, 0.05) is 22.8 Å². The zero-order valence-electron chi connectivity index (χ0n) is 23.2. The Morgan fingerprint density at radius 2 is 1.10 bits per heavy atom. The predicted molar refractivity (Wildman–Crippen MR) is 161 cm³/mol. The molecule has 40 heavy (non-hydrogen) atoms. The van der Waals surface area contributed by atoms with Gasteiger partial charge in [-0.15, -0.1) is 22.7 Å². The van der Waals surface area contributed by atoms with E-state index in [0.29, 0.717) is 46.1 Å². The van der Waals surface area contributed by atoms with Gasteiger partial charge < -0.3 is 22.1 Å². The standard InChI is InChI=1S/C28H40N6O4S2/c1-15-7-9-17-19(13-15)39-25(21(17)23(29)35)33-27(37)31-11-5-3-4-6-12-32-28(38)34-26-22(24(30)36)18-10-8-16(2)14-20(18)40-26/h15-16H,3-14H2,1-2H3,(H2,29,35)(H2,30,36)(H2,31,33,37)(H2,32,34,38)/t15-,16+. The molecule has 8 N–H and O–H groups in total. The molecule has 2 atom stereocenters. The van der Waals surface area contributed by atoms with Crippen LogP contribution >= 0.6 is 22.7 Å². The van der Waals surface area contributed by atoms with Gasteiger partial charge in [-0.25, -0.2) is 9.59 Å². The van der Waals surface area contributed by atoms with Gasteiger partial charge in [0.05, 0.1) is 11.1 Å². The van der Waals surface area contributed by atoms with Gasteiger partial charge in [-0.05, 0) is 74.3 Å². The summed E-state index contributed by atoms with van der Waals surface area (Å²) in [5, 5.41) is 12.4. The number of fused-ring (bicyclic) bond motifs is 2. The van der Waals surface area contributed by atoms with E-state index in [1.807, 2.05) is 0 Å². The Hall–Kier alpha value is -3.12. The van der Waals surface area contributed by atoms with Crippen molar-refractivity contribution in [2.45, 2.75) is 78.1 Å². The first-order valence-corrected chi connectivity index (χ1v) is 15.8. The number of nitrogens with two attached hydrogens (primary N) is 2. The van der Waals surface area contributed by atoms with Crippen molar-refractivity contribution in [1.29, 1.82) is 0 Å². The van der Waals surface area contributed by atoms with Crippen LogP contribution in [0.25, 0.3) is 0 Å². The van der Waals surface area contributed by atoms with Crippen molar-refractivity contribution in [1.82, 2.24) is 10.6 Å². The van der Waals surface area contributed by atoms with E-state index in [2.05, 4.69) is 35.1 Å². The zero-order valence-corrected chi connectivity index (χ0v) is 24.9. The number of hydrogen-bond donors (Lipinski definition) is 6. The number of primary amides is 2. The molecule has 0 saturated carbocycles. The average molecular weight is 589 g/mol. The van der Waals surface area contributed by atoms with Gasteiger partial charge in [-0.3, -0.25) is 20.2 Å². The molecule has 0 unspecified atom stereocenters. The normalized spacial score (nSPS) is 17.9. The Morgan fingerprint density at radius 1 is 0.700 bits per heavy atom. The third-order valence-electron chi connectivity index (χ3n) is 7.64. The van der Waals surface area contributed by atoms with Gasteiger partial charge in [-0.2, -0.15) is 0 Å². The average Bonchev–Trinajstić information content (AvgIpc) is 3.41. The second-order valence-corrected chi connectivity index (χ2v) is 13.2. The van der Waals surface area contributed by atoms with Crippen molar-refractivity contribution in [2.24, 2.45) is 23.3 Å². The molecular formula is C28H40N6O4S2. The van der Waals surface area contributed by atoms with E-state index in [0.717, 1.165) is 85.1 Å². The lowest BCUT2D eigenvalue weighted by Gasteiger charge is -2.18. The lowest BCUT2D eigenvalue weighted by molar-refractivity contribution is 0.0991. The minimum absolute atomic E-state index is 0.340. The minimum atomic E-state index is -0.498. The molecule has 0 spiro atoms. The summed E-state index contributed by atoms with van der Waals surface area (Å²) in [4.78, 5) is 51.2. The Kier molecular flexibility index (Phi) is 10.1. The molecule has 10 nitrogen and oxygen atoms in total.